The van der Waals surface area contributed by atoms with E-state index >= 15 is 0 Å². The molecule has 130 heavy (non-hydrogen) atoms. The standard InChI is InChI=1S/C23H25F2N5O4S.C21H21F2N5O4S.C21H20N4O2S2.C20H20F2N6O4S/c1-13-9-14(2)28-22(35-12-17-10-15(3)29-34-17)20(13)21(31)27-8-7-26-18-6-5-16(23(4,24)25)11-19(18)30(32)33;1-13-10-15(32-27-13)12-33-20-16(4-3-7-26-20)19(29)25-9-8-24-17-6-5-14(21(2,22)23)11-18(17)28(30)31;1-14-12-15(27-25-14)13-28-18-8-4-2-6-16(18)20(26)22-10-11-23-21-24-17-7-3-5-9-19(17)29-21;1-12-7-14(32-27-12)10-33-19-15(9-23-11-26-19)18(29)25-6-5-24-16-4-3-13(20(2,21)22)8-17(16)28(30)31/h5-6,9-11,26H,7-8,12H2,1-4H3,(H,27,31);3-7,10-11,24H,8-9,12H2,1-2H3,(H,25,29);2-9,12H,10-11,13H2,1H3,(H,22,26)(H,23,24);3-4,7-9,11,24H,5-6,10H2,1-2H3,(H,25,29). The fourth-order valence-electron chi connectivity index (χ4n) is 11.8. The molecule has 8 heterocycles. The first-order chi connectivity index (χ1) is 61.9. The largest absolute Gasteiger partial charge is 0.378 e. The number of hydrogen-bond acceptors (Lipinski definition) is 32. The Labute approximate surface area is 759 Å². The molecule has 13 rings (SSSR count). The lowest BCUT2D eigenvalue weighted by molar-refractivity contribution is -0.384. The summed E-state index contributed by atoms with van der Waals surface area (Å²) in [5.41, 5.74) is 4.85. The quantitative estimate of drug-likeness (QED) is 0.00445. The molecule has 8 aromatic heterocycles. The Kier molecular flexibility index (Phi) is 35.3. The zero-order valence-electron chi connectivity index (χ0n) is 71.0. The van der Waals surface area contributed by atoms with E-state index in [9.17, 15) is 75.9 Å². The Morgan fingerprint density at radius 3 is 1.25 bits per heavy atom. The summed E-state index contributed by atoms with van der Waals surface area (Å²) in [6.45, 7) is 14.9. The van der Waals surface area contributed by atoms with Crippen LogP contribution in [0.2, 0.25) is 0 Å². The van der Waals surface area contributed by atoms with Crippen LogP contribution in [0.3, 0.4) is 0 Å². The van der Waals surface area contributed by atoms with Crippen LogP contribution in [-0.2, 0) is 40.8 Å². The second kappa shape index (κ2) is 46.5. The first kappa shape index (κ1) is 98.6. The molecule has 0 saturated heterocycles. The van der Waals surface area contributed by atoms with Crippen LogP contribution in [0.25, 0.3) is 10.2 Å². The highest BCUT2D eigenvalue weighted by Crippen LogP contribution is 2.39. The normalized spacial score (nSPS) is 11.2. The van der Waals surface area contributed by atoms with Crippen molar-refractivity contribution in [3.63, 3.8) is 0 Å². The van der Waals surface area contributed by atoms with Crippen molar-refractivity contribution in [3.05, 3.63) is 291 Å². The molecule has 0 radical (unpaired) electrons. The number of nitro groups is 3. The van der Waals surface area contributed by atoms with Gasteiger partial charge in [-0.25, -0.2) is 51.3 Å². The van der Waals surface area contributed by atoms with E-state index in [4.69, 9.17) is 18.1 Å². The van der Waals surface area contributed by atoms with Crippen molar-refractivity contribution in [1.29, 1.82) is 0 Å². The molecule has 0 aliphatic heterocycles. The van der Waals surface area contributed by atoms with Gasteiger partial charge in [0.05, 0.1) is 93.0 Å². The minimum absolute atomic E-state index is 0.0730. The molecule has 0 fully saturated rings. The molecule has 682 valence electrons. The number of benzene rings is 5. The van der Waals surface area contributed by atoms with E-state index in [-0.39, 0.29) is 79.6 Å². The minimum atomic E-state index is -3.20. The lowest BCUT2D eigenvalue weighted by atomic mass is 10.1. The monoisotopic (exact) mass is 1880 g/mol. The number of anilines is 4. The molecule has 0 atom stereocenters. The molecular weight excluding hydrogens is 1800 g/mol. The molecular formula is C85H86F6N20O14S5. The average molecular weight is 1890 g/mol. The van der Waals surface area contributed by atoms with Gasteiger partial charge in [-0.1, -0.05) is 110 Å². The van der Waals surface area contributed by atoms with E-state index in [0.717, 1.165) is 96.4 Å². The number of aryl methyl sites for hydroxylation is 6. The second-order valence-electron chi connectivity index (χ2n) is 28.6. The number of carbonyl (C=O) groups is 4. The van der Waals surface area contributed by atoms with E-state index < -0.39 is 72.2 Å². The number of thiazole rings is 1. The van der Waals surface area contributed by atoms with Crippen LogP contribution in [-0.4, -0.2) is 136 Å². The van der Waals surface area contributed by atoms with E-state index in [1.807, 2.05) is 95.3 Å². The highest BCUT2D eigenvalue weighted by molar-refractivity contribution is 7.99. The maximum absolute atomic E-state index is 13.5. The zero-order chi connectivity index (χ0) is 93.8. The Balaban J connectivity index is 0.000000180. The summed E-state index contributed by atoms with van der Waals surface area (Å²) in [6.07, 6.45) is 4.29. The lowest BCUT2D eigenvalue weighted by Crippen LogP contribution is -2.30. The number of rotatable bonds is 38. The van der Waals surface area contributed by atoms with Crippen molar-refractivity contribution >= 4 is 131 Å². The van der Waals surface area contributed by atoms with Crippen LogP contribution in [0.15, 0.2) is 202 Å². The van der Waals surface area contributed by atoms with Gasteiger partial charge in [0.2, 0.25) is 0 Å². The molecule has 0 aliphatic rings. The minimum Gasteiger partial charge on any atom is -0.378 e. The van der Waals surface area contributed by atoms with Crippen LogP contribution in [0.1, 0.15) is 136 Å². The van der Waals surface area contributed by atoms with Gasteiger partial charge in [-0.15, -0.1) is 11.8 Å². The SMILES string of the molecule is Cc1cc(CSc2ccccc2C(=O)NCCNc2nc3ccccc3s2)on1.Cc1cc(CSc2nc(C)cc(C)c2C(=O)NCCNc2ccc(C(C)(F)F)cc2[N+](=O)[O-])on1.Cc1cc(CSc2ncccc2C(=O)NCCNc2ccc(C(C)(F)F)cc2[N+](=O)[O-])on1.Cc1cc(CSc2ncncc2C(=O)NCCNc2ccc(C(C)(F)F)cc2[N+](=O)[O-])on1. The predicted molar refractivity (Wildman–Crippen MR) is 481 cm³/mol. The fourth-order valence-corrected chi connectivity index (χ4v) is 16.4. The molecule has 0 unspecified atom stereocenters. The van der Waals surface area contributed by atoms with Crippen molar-refractivity contribution in [2.45, 2.75) is 123 Å². The highest BCUT2D eigenvalue weighted by Gasteiger charge is 2.32. The van der Waals surface area contributed by atoms with E-state index in [1.165, 1.54) is 66.0 Å². The first-order valence-electron chi connectivity index (χ1n) is 39.4. The number of amides is 4. The third-order valence-electron chi connectivity index (χ3n) is 18.0. The lowest BCUT2D eigenvalue weighted by Gasteiger charge is -2.14. The van der Waals surface area contributed by atoms with Gasteiger partial charge < -0.3 is 60.6 Å². The summed E-state index contributed by atoms with van der Waals surface area (Å²) in [5, 5.41) is 74.4. The molecule has 8 N–H and O–H groups in total. The topological polar surface area (TPSA) is 463 Å². The number of fused-ring (bicyclic) bond motifs is 1. The zero-order valence-corrected chi connectivity index (χ0v) is 75.0. The number of para-hydroxylation sites is 1. The highest BCUT2D eigenvalue weighted by atomic mass is 32.2. The van der Waals surface area contributed by atoms with E-state index in [0.29, 0.717) is 106 Å². The van der Waals surface area contributed by atoms with Gasteiger partial charge >= 0.3 is 0 Å². The van der Waals surface area contributed by atoms with E-state index in [1.54, 1.807) is 60.5 Å². The van der Waals surface area contributed by atoms with Crippen LogP contribution in [0.5, 0.6) is 0 Å². The van der Waals surface area contributed by atoms with Gasteiger partial charge in [0.15, 0.2) is 5.13 Å². The molecule has 0 spiro atoms. The van der Waals surface area contributed by atoms with Crippen molar-refractivity contribution in [2.75, 3.05) is 73.6 Å². The van der Waals surface area contributed by atoms with Gasteiger partial charge in [0.1, 0.15) is 61.5 Å². The molecule has 0 saturated carbocycles. The summed E-state index contributed by atoms with van der Waals surface area (Å²) in [5.74, 6) is -6.09. The smallest absolute Gasteiger partial charge is 0.292 e. The van der Waals surface area contributed by atoms with Crippen LogP contribution >= 0.6 is 58.4 Å². The number of nitro benzene ring substituents is 3. The number of thioether (sulfide) groups is 4. The summed E-state index contributed by atoms with van der Waals surface area (Å²) in [4.78, 5) is 105. The maximum Gasteiger partial charge on any atom is 0.292 e. The van der Waals surface area contributed by atoms with Crippen molar-refractivity contribution in [2.24, 2.45) is 0 Å². The first-order valence-corrected chi connectivity index (χ1v) is 44.2. The van der Waals surface area contributed by atoms with Crippen molar-refractivity contribution in [1.82, 2.24) is 66.8 Å². The third kappa shape index (κ3) is 29.5. The number of nitrogens with one attached hydrogen (secondary N) is 8. The Bertz CT molecular complexity index is 5910. The maximum atomic E-state index is 13.5. The van der Waals surface area contributed by atoms with Crippen molar-refractivity contribution in [3.8, 4) is 0 Å². The summed E-state index contributed by atoms with van der Waals surface area (Å²) >= 11 is 7.15. The number of pyridine rings is 2. The molecule has 4 amide bonds. The third-order valence-corrected chi connectivity index (χ3v) is 23.1. The molecule has 5 aromatic carbocycles. The molecule has 34 nitrogen and oxygen atoms in total. The van der Waals surface area contributed by atoms with Gasteiger partial charge in [0.25, 0.3) is 58.5 Å². The number of hydrogen-bond donors (Lipinski definition) is 8. The molecule has 0 bridgehead atoms. The molecule has 45 heteroatoms. The predicted octanol–water partition coefficient (Wildman–Crippen LogP) is 18.3. The number of alkyl halides is 6. The van der Waals surface area contributed by atoms with Crippen LogP contribution in [0.4, 0.5) is 65.6 Å². The number of carbonyl (C=O) groups excluding carboxylic acids is 4. The number of aromatic nitrogens is 9. The van der Waals surface area contributed by atoms with Gasteiger partial charge in [0, 0.05) is 155 Å². The van der Waals surface area contributed by atoms with Gasteiger partial charge in [-0.05, 0) is 108 Å². The number of nitrogens with zero attached hydrogens (tertiary/aromatic N) is 12. The van der Waals surface area contributed by atoms with Crippen LogP contribution < -0.4 is 42.5 Å². The second-order valence-corrected chi connectivity index (χ2v) is 33.5. The Hall–Kier alpha value is -13.5. The average Bonchev–Trinajstić information content (AvgIpc) is 1.30. The summed E-state index contributed by atoms with van der Waals surface area (Å²) < 4.78 is 103. The van der Waals surface area contributed by atoms with Crippen molar-refractivity contribution < 1.29 is 78.4 Å². The summed E-state index contributed by atoms with van der Waals surface area (Å²) in [6, 6.07) is 37.6. The van der Waals surface area contributed by atoms with Gasteiger partial charge in [-0.3, -0.25) is 49.5 Å². The van der Waals surface area contributed by atoms with Gasteiger partial charge in [-0.2, -0.15) is 0 Å². The Morgan fingerprint density at radius 1 is 0.415 bits per heavy atom. The molecule has 0 aliphatic carbocycles. The fraction of sp³-hybridized carbons (Fsp3) is 0.282. The number of halogens is 6. The Morgan fingerprint density at radius 2 is 0.808 bits per heavy atom. The van der Waals surface area contributed by atoms with E-state index in [2.05, 4.69) is 94.1 Å². The van der Waals surface area contributed by atoms with Crippen LogP contribution in [0, 0.1) is 71.9 Å². The summed E-state index contributed by atoms with van der Waals surface area (Å²) in [7, 11) is 0. The molecule has 13 aromatic rings.